The molecule has 1 saturated heterocycles. The third kappa shape index (κ3) is 3.35. The summed E-state index contributed by atoms with van der Waals surface area (Å²) in [7, 11) is 0. The fourth-order valence-electron chi connectivity index (χ4n) is 6.15. The summed E-state index contributed by atoms with van der Waals surface area (Å²) in [6.45, 7) is 3.60. The SMILES string of the molecule is CC1(C(=O)NCC2CCCO2)Cn2c(cc3ccccc32)C(=O)N1C1CCCc2ccccc21. The number of nitrogens with one attached hydrogen (secondary N) is 1. The maximum atomic E-state index is 14.2. The molecule has 2 amide bonds. The minimum Gasteiger partial charge on any atom is -0.376 e. The molecule has 6 nitrogen and oxygen atoms in total. The van der Waals surface area contributed by atoms with Crippen molar-refractivity contribution in [2.45, 2.75) is 63.3 Å². The van der Waals surface area contributed by atoms with E-state index in [-0.39, 0.29) is 24.0 Å². The van der Waals surface area contributed by atoms with E-state index in [0.29, 0.717) is 18.8 Å². The lowest BCUT2D eigenvalue weighted by Crippen LogP contribution is -2.65. The first-order valence-corrected chi connectivity index (χ1v) is 12.5. The van der Waals surface area contributed by atoms with E-state index in [1.807, 2.05) is 52.8 Å². The van der Waals surface area contributed by atoms with E-state index in [4.69, 9.17) is 4.74 Å². The van der Waals surface area contributed by atoms with E-state index in [1.165, 1.54) is 11.1 Å². The van der Waals surface area contributed by atoms with E-state index in [2.05, 4.69) is 23.5 Å². The number of nitrogens with zero attached hydrogens (tertiary/aromatic N) is 2. The maximum absolute atomic E-state index is 14.2. The van der Waals surface area contributed by atoms with Gasteiger partial charge in [-0.1, -0.05) is 42.5 Å². The Hall–Kier alpha value is -3.12. The van der Waals surface area contributed by atoms with Crippen molar-refractivity contribution >= 4 is 22.7 Å². The maximum Gasteiger partial charge on any atom is 0.271 e. The topological polar surface area (TPSA) is 63.6 Å². The molecule has 1 aromatic heterocycles. The van der Waals surface area contributed by atoms with Gasteiger partial charge in [0.15, 0.2) is 0 Å². The molecule has 3 unspecified atom stereocenters. The summed E-state index contributed by atoms with van der Waals surface area (Å²) < 4.78 is 7.77. The molecule has 176 valence electrons. The van der Waals surface area contributed by atoms with Gasteiger partial charge in [0.1, 0.15) is 11.2 Å². The van der Waals surface area contributed by atoms with Crippen molar-refractivity contribution in [3.8, 4) is 0 Å². The van der Waals surface area contributed by atoms with E-state index in [9.17, 15) is 9.59 Å². The van der Waals surface area contributed by atoms with Crippen LogP contribution in [0.15, 0.2) is 54.6 Å². The number of carbonyl (C=O) groups is 2. The molecule has 34 heavy (non-hydrogen) atoms. The van der Waals surface area contributed by atoms with Crippen molar-refractivity contribution in [1.82, 2.24) is 14.8 Å². The summed E-state index contributed by atoms with van der Waals surface area (Å²) in [6, 6.07) is 18.3. The second-order valence-electron chi connectivity index (χ2n) is 10.1. The standard InChI is InChI=1S/C28H31N3O3/c1-28(27(33)29-17-21-11-7-15-34-21)18-30-23-13-5-3-9-20(23)16-25(30)26(32)31(28)24-14-6-10-19-8-2-4-12-22(19)24/h2-5,8-9,12-13,16,21,24H,6-7,10-11,14-15,17-18H2,1H3,(H,29,33). The van der Waals surface area contributed by atoms with Crippen LogP contribution in [-0.2, 0) is 22.5 Å². The van der Waals surface area contributed by atoms with E-state index in [0.717, 1.165) is 49.6 Å². The average Bonchev–Trinajstić information content (AvgIpc) is 3.51. The lowest BCUT2D eigenvalue weighted by molar-refractivity contribution is -0.135. The van der Waals surface area contributed by atoms with Crippen molar-refractivity contribution < 1.29 is 14.3 Å². The fourth-order valence-corrected chi connectivity index (χ4v) is 6.15. The molecule has 6 rings (SSSR count). The molecule has 1 fully saturated rings. The Balaban J connectivity index is 1.44. The van der Waals surface area contributed by atoms with E-state index >= 15 is 0 Å². The monoisotopic (exact) mass is 457 g/mol. The zero-order chi connectivity index (χ0) is 23.3. The highest BCUT2D eigenvalue weighted by Gasteiger charge is 2.51. The Morgan fingerprint density at radius 1 is 1.12 bits per heavy atom. The van der Waals surface area contributed by atoms with Crippen molar-refractivity contribution in [3.05, 3.63) is 71.4 Å². The van der Waals surface area contributed by atoms with Gasteiger partial charge in [-0.2, -0.15) is 0 Å². The second kappa shape index (κ2) is 8.27. The Labute approximate surface area is 199 Å². The number of rotatable bonds is 4. The zero-order valence-electron chi connectivity index (χ0n) is 19.6. The lowest BCUT2D eigenvalue weighted by Gasteiger charge is -2.49. The normalized spacial score (nSPS) is 26.4. The van der Waals surface area contributed by atoms with Crippen LogP contribution in [-0.4, -0.2) is 46.1 Å². The second-order valence-corrected chi connectivity index (χ2v) is 10.1. The Morgan fingerprint density at radius 2 is 1.94 bits per heavy atom. The molecule has 3 atom stereocenters. The largest absolute Gasteiger partial charge is 0.376 e. The molecule has 2 aromatic carbocycles. The number of aromatic nitrogens is 1. The van der Waals surface area contributed by atoms with Gasteiger partial charge in [0.25, 0.3) is 5.91 Å². The Kier molecular flexibility index (Phi) is 5.21. The third-order valence-electron chi connectivity index (χ3n) is 7.90. The molecule has 3 heterocycles. The number of fused-ring (bicyclic) bond motifs is 4. The molecule has 0 spiro atoms. The van der Waals surface area contributed by atoms with Crippen molar-refractivity contribution in [3.63, 3.8) is 0 Å². The lowest BCUT2D eigenvalue weighted by atomic mass is 9.82. The first-order chi connectivity index (χ1) is 16.6. The van der Waals surface area contributed by atoms with Gasteiger partial charge in [-0.3, -0.25) is 9.59 Å². The van der Waals surface area contributed by atoms with Crippen LogP contribution in [0.3, 0.4) is 0 Å². The molecule has 1 aliphatic carbocycles. The predicted molar refractivity (Wildman–Crippen MR) is 131 cm³/mol. The van der Waals surface area contributed by atoms with Gasteiger partial charge in [-0.05, 0) is 62.3 Å². The minimum absolute atomic E-state index is 0.0543. The highest BCUT2D eigenvalue weighted by molar-refractivity contribution is 6.04. The van der Waals surface area contributed by atoms with Gasteiger partial charge < -0.3 is 19.5 Å². The highest BCUT2D eigenvalue weighted by Crippen LogP contribution is 2.43. The smallest absolute Gasteiger partial charge is 0.271 e. The fraction of sp³-hybridized carbons (Fsp3) is 0.429. The molecular weight excluding hydrogens is 426 g/mol. The van der Waals surface area contributed by atoms with Crippen LogP contribution in [0.1, 0.15) is 60.3 Å². The van der Waals surface area contributed by atoms with Crippen LogP contribution in [0.4, 0.5) is 0 Å². The molecule has 0 bridgehead atoms. The number of hydrogen-bond acceptors (Lipinski definition) is 3. The van der Waals surface area contributed by atoms with Gasteiger partial charge in [-0.25, -0.2) is 0 Å². The zero-order valence-corrected chi connectivity index (χ0v) is 19.6. The summed E-state index contributed by atoms with van der Waals surface area (Å²) >= 11 is 0. The number of para-hydroxylation sites is 1. The predicted octanol–water partition coefficient (Wildman–Crippen LogP) is 4.23. The number of carbonyl (C=O) groups excluding carboxylic acids is 2. The molecule has 3 aromatic rings. The first kappa shape index (κ1) is 21.4. The van der Waals surface area contributed by atoms with Gasteiger partial charge >= 0.3 is 0 Å². The summed E-state index contributed by atoms with van der Waals surface area (Å²) in [5, 5.41) is 4.18. The van der Waals surface area contributed by atoms with Crippen LogP contribution >= 0.6 is 0 Å². The number of hydrogen-bond donors (Lipinski definition) is 1. The van der Waals surface area contributed by atoms with Crippen LogP contribution in [0.25, 0.3) is 10.9 Å². The first-order valence-electron chi connectivity index (χ1n) is 12.5. The molecule has 6 heteroatoms. The van der Waals surface area contributed by atoms with E-state index in [1.54, 1.807) is 0 Å². The minimum atomic E-state index is -1.01. The van der Waals surface area contributed by atoms with Crippen LogP contribution in [0, 0.1) is 0 Å². The molecular formula is C28H31N3O3. The average molecular weight is 458 g/mol. The van der Waals surface area contributed by atoms with Crippen LogP contribution < -0.4 is 5.32 Å². The van der Waals surface area contributed by atoms with Gasteiger partial charge in [0.05, 0.1) is 18.7 Å². The molecule has 0 saturated carbocycles. The Bertz CT molecular complexity index is 1260. The summed E-state index contributed by atoms with van der Waals surface area (Å²) in [4.78, 5) is 30.0. The van der Waals surface area contributed by atoms with Gasteiger partial charge in [0.2, 0.25) is 5.91 Å². The number of aryl methyl sites for hydroxylation is 1. The van der Waals surface area contributed by atoms with Gasteiger partial charge in [0, 0.05) is 24.1 Å². The number of amides is 2. The van der Waals surface area contributed by atoms with Crippen LogP contribution in [0.5, 0.6) is 0 Å². The van der Waals surface area contributed by atoms with Crippen molar-refractivity contribution in [2.75, 3.05) is 13.2 Å². The molecule has 2 aliphatic heterocycles. The Morgan fingerprint density at radius 3 is 2.79 bits per heavy atom. The van der Waals surface area contributed by atoms with Crippen molar-refractivity contribution in [1.29, 1.82) is 0 Å². The summed E-state index contributed by atoms with van der Waals surface area (Å²) in [6.07, 6.45) is 4.91. The molecule has 1 N–H and O–H groups in total. The van der Waals surface area contributed by atoms with Gasteiger partial charge in [-0.15, -0.1) is 0 Å². The quantitative estimate of drug-likeness (QED) is 0.638. The number of ether oxygens (including phenoxy) is 1. The van der Waals surface area contributed by atoms with E-state index < -0.39 is 5.54 Å². The number of benzene rings is 2. The summed E-state index contributed by atoms with van der Waals surface area (Å²) in [5.41, 5.74) is 3.09. The third-order valence-corrected chi connectivity index (χ3v) is 7.90. The molecule has 3 aliphatic rings. The van der Waals surface area contributed by atoms with Crippen LogP contribution in [0.2, 0.25) is 0 Å². The van der Waals surface area contributed by atoms with Crippen molar-refractivity contribution in [2.24, 2.45) is 0 Å². The summed E-state index contributed by atoms with van der Waals surface area (Å²) in [5.74, 6) is -0.179. The molecule has 0 radical (unpaired) electrons. The highest BCUT2D eigenvalue weighted by atomic mass is 16.5.